The molecule has 1 aromatic carbocycles. The lowest BCUT2D eigenvalue weighted by molar-refractivity contribution is 0.234. The number of nitrogens with zero attached hydrogens (tertiary/aromatic N) is 1. The molecule has 0 radical (unpaired) electrons. The van der Waals surface area contributed by atoms with Gasteiger partial charge < -0.3 is 4.90 Å². The highest BCUT2D eigenvalue weighted by Crippen LogP contribution is 2.29. The number of hydrogen-bond acceptors (Lipinski definition) is 4. The summed E-state index contributed by atoms with van der Waals surface area (Å²) in [5.74, 6) is -3.39. The fourth-order valence-electron chi connectivity index (χ4n) is 2.54. The Morgan fingerprint density at radius 2 is 1.87 bits per heavy atom. The van der Waals surface area contributed by atoms with E-state index in [2.05, 4.69) is 17.0 Å². The van der Waals surface area contributed by atoms with Gasteiger partial charge in [0.15, 0.2) is 0 Å². The minimum atomic E-state index is -4.53. The van der Waals surface area contributed by atoms with E-state index in [0.717, 1.165) is 18.7 Å². The second-order valence-corrected chi connectivity index (χ2v) is 8.07. The predicted molar refractivity (Wildman–Crippen MR) is 88.8 cm³/mol. The molecule has 122 valence electrons. The summed E-state index contributed by atoms with van der Waals surface area (Å²) in [5, 5.41) is 2.05. The van der Waals surface area contributed by atoms with E-state index in [1.807, 2.05) is 11.4 Å². The molecule has 0 saturated heterocycles. The van der Waals surface area contributed by atoms with E-state index < -0.39 is 15.6 Å². The maximum atomic E-state index is 12.5. The Hall–Kier alpha value is -1.73. The van der Waals surface area contributed by atoms with Crippen LogP contribution in [0.5, 0.6) is 0 Å². The zero-order chi connectivity index (χ0) is 16.4. The summed E-state index contributed by atoms with van der Waals surface area (Å²) < 4.78 is 47.9. The molecule has 2 heterocycles. The second kappa shape index (κ2) is 6.41. The van der Waals surface area contributed by atoms with Crippen LogP contribution in [-0.2, 0) is 9.84 Å². The zero-order valence-electron chi connectivity index (χ0n) is 12.2. The van der Waals surface area contributed by atoms with Gasteiger partial charge in [-0.3, -0.25) is 0 Å². The van der Waals surface area contributed by atoms with Crippen LogP contribution < -0.4 is 4.90 Å². The molecule has 0 spiro atoms. The van der Waals surface area contributed by atoms with Gasteiger partial charge in [0.25, 0.3) is 0 Å². The van der Waals surface area contributed by atoms with E-state index >= 15 is 0 Å². The molecule has 1 aromatic heterocycles. The van der Waals surface area contributed by atoms with Crippen molar-refractivity contribution in [2.75, 3.05) is 18.0 Å². The lowest BCUT2D eigenvalue weighted by atomic mass is 10.1. The summed E-state index contributed by atoms with van der Waals surface area (Å²) in [4.78, 5) is 3.02. The topological polar surface area (TPSA) is 37.4 Å². The molecule has 0 fully saturated rings. The smallest absolute Gasteiger partial charge is 0.341 e. The fraction of sp³-hybridized carbons (Fsp3) is 0.250. The molecule has 2 aromatic rings. The van der Waals surface area contributed by atoms with Crippen molar-refractivity contribution >= 4 is 32.4 Å². The standard InChI is InChI=1S/C16H15F2NO2S2/c17-16(18)23(20,21)14-5-3-13(4-6-14)19-9-7-12(8-10-19)15-2-1-11-22-15/h1-7,11,16H,8-10H2. The first-order valence-corrected chi connectivity index (χ1v) is 9.51. The fourth-order valence-corrected chi connectivity index (χ4v) is 4.06. The lowest BCUT2D eigenvalue weighted by Gasteiger charge is -2.28. The Morgan fingerprint density at radius 3 is 2.39 bits per heavy atom. The molecule has 0 atom stereocenters. The highest BCUT2D eigenvalue weighted by Gasteiger charge is 2.26. The third-order valence-corrected chi connectivity index (χ3v) is 6.16. The monoisotopic (exact) mass is 355 g/mol. The van der Waals surface area contributed by atoms with Crippen LogP contribution in [0.25, 0.3) is 5.57 Å². The average Bonchev–Trinajstić information content (AvgIpc) is 3.09. The van der Waals surface area contributed by atoms with Gasteiger partial charge in [0.1, 0.15) is 0 Å². The first-order chi connectivity index (χ1) is 11.0. The number of anilines is 1. The van der Waals surface area contributed by atoms with Gasteiger partial charge in [-0.2, -0.15) is 8.78 Å². The SMILES string of the molecule is O=S(=O)(c1ccc(N2CC=C(c3cccs3)CC2)cc1)C(F)F. The van der Waals surface area contributed by atoms with Crippen LogP contribution in [0.3, 0.4) is 0 Å². The van der Waals surface area contributed by atoms with Crippen LogP contribution in [0, 0.1) is 0 Å². The van der Waals surface area contributed by atoms with Gasteiger partial charge in [0, 0.05) is 23.7 Å². The Morgan fingerprint density at radius 1 is 1.13 bits per heavy atom. The minimum Gasteiger partial charge on any atom is -0.367 e. The van der Waals surface area contributed by atoms with Crippen molar-refractivity contribution < 1.29 is 17.2 Å². The van der Waals surface area contributed by atoms with Crippen molar-refractivity contribution in [3.05, 3.63) is 52.7 Å². The van der Waals surface area contributed by atoms with Crippen molar-refractivity contribution in [2.24, 2.45) is 0 Å². The molecule has 0 N–H and O–H groups in total. The largest absolute Gasteiger partial charge is 0.367 e. The third kappa shape index (κ3) is 3.30. The van der Waals surface area contributed by atoms with E-state index in [4.69, 9.17) is 0 Å². The maximum Gasteiger partial charge on any atom is 0.341 e. The van der Waals surface area contributed by atoms with Gasteiger partial charge in [-0.25, -0.2) is 8.42 Å². The third-order valence-electron chi connectivity index (χ3n) is 3.81. The Balaban J connectivity index is 1.74. The van der Waals surface area contributed by atoms with Crippen LogP contribution in [0.1, 0.15) is 11.3 Å². The van der Waals surface area contributed by atoms with Gasteiger partial charge in [-0.15, -0.1) is 11.3 Å². The van der Waals surface area contributed by atoms with Crippen molar-refractivity contribution in [1.82, 2.24) is 0 Å². The molecule has 0 saturated carbocycles. The quantitative estimate of drug-likeness (QED) is 0.831. The number of thiophene rings is 1. The number of hydrogen-bond donors (Lipinski definition) is 0. The van der Waals surface area contributed by atoms with Crippen LogP contribution >= 0.6 is 11.3 Å². The predicted octanol–water partition coefficient (Wildman–Crippen LogP) is 4.04. The molecule has 3 rings (SSSR count). The van der Waals surface area contributed by atoms with Crippen LogP contribution in [0.2, 0.25) is 0 Å². The van der Waals surface area contributed by atoms with Crippen molar-refractivity contribution in [3.63, 3.8) is 0 Å². The van der Waals surface area contributed by atoms with Gasteiger partial charge in [0.2, 0.25) is 9.84 Å². The summed E-state index contributed by atoms with van der Waals surface area (Å²) in [6.07, 6.45) is 3.05. The van der Waals surface area contributed by atoms with E-state index in [9.17, 15) is 17.2 Å². The van der Waals surface area contributed by atoms with Crippen molar-refractivity contribution in [1.29, 1.82) is 0 Å². The molecule has 3 nitrogen and oxygen atoms in total. The zero-order valence-corrected chi connectivity index (χ0v) is 13.8. The van der Waals surface area contributed by atoms with Gasteiger partial charge >= 0.3 is 5.76 Å². The normalized spacial score (nSPS) is 15.8. The highest BCUT2D eigenvalue weighted by atomic mass is 32.2. The number of benzene rings is 1. The van der Waals surface area contributed by atoms with Crippen LogP contribution in [0.15, 0.2) is 52.7 Å². The molecular formula is C16H15F2NO2S2. The summed E-state index contributed by atoms with van der Waals surface area (Å²) in [6, 6.07) is 9.77. The molecule has 0 unspecified atom stereocenters. The Bertz CT molecular complexity index is 797. The van der Waals surface area contributed by atoms with Crippen molar-refractivity contribution in [2.45, 2.75) is 17.1 Å². The summed E-state index contributed by atoms with van der Waals surface area (Å²) in [7, 11) is -4.53. The minimum absolute atomic E-state index is 0.344. The van der Waals surface area contributed by atoms with E-state index in [0.29, 0.717) is 6.54 Å². The number of rotatable bonds is 4. The van der Waals surface area contributed by atoms with Crippen LogP contribution in [-0.4, -0.2) is 27.3 Å². The highest BCUT2D eigenvalue weighted by molar-refractivity contribution is 7.91. The van der Waals surface area contributed by atoms with Crippen molar-refractivity contribution in [3.8, 4) is 0 Å². The van der Waals surface area contributed by atoms with Gasteiger partial charge in [-0.1, -0.05) is 12.1 Å². The molecule has 23 heavy (non-hydrogen) atoms. The van der Waals surface area contributed by atoms with Gasteiger partial charge in [-0.05, 0) is 47.7 Å². The maximum absolute atomic E-state index is 12.5. The molecule has 0 aliphatic carbocycles. The molecule has 0 bridgehead atoms. The molecule has 1 aliphatic rings. The van der Waals surface area contributed by atoms with E-state index in [1.165, 1.54) is 22.6 Å². The summed E-state index contributed by atoms with van der Waals surface area (Å²) in [6.45, 7) is 1.53. The Labute approximate surface area is 137 Å². The lowest BCUT2D eigenvalue weighted by Crippen LogP contribution is -2.28. The first-order valence-electron chi connectivity index (χ1n) is 7.08. The summed E-state index contributed by atoms with van der Waals surface area (Å²) >= 11 is 1.71. The van der Waals surface area contributed by atoms with Crippen LogP contribution in [0.4, 0.5) is 14.5 Å². The first kappa shape index (κ1) is 16.1. The molecular weight excluding hydrogens is 340 g/mol. The van der Waals surface area contributed by atoms with E-state index in [-0.39, 0.29) is 4.90 Å². The molecule has 7 heteroatoms. The Kier molecular flexibility index (Phi) is 4.50. The number of alkyl halides is 2. The average molecular weight is 355 g/mol. The second-order valence-electron chi connectivity index (χ2n) is 5.20. The van der Waals surface area contributed by atoms with Gasteiger partial charge in [0.05, 0.1) is 4.90 Å². The molecule has 0 amide bonds. The molecule has 1 aliphatic heterocycles. The van der Waals surface area contributed by atoms with E-state index in [1.54, 1.807) is 23.5 Å². The number of sulfone groups is 1. The summed E-state index contributed by atoms with van der Waals surface area (Å²) in [5.41, 5.74) is 2.15. The number of halogens is 2.